The predicted molar refractivity (Wildman–Crippen MR) is 87.1 cm³/mol. The average Bonchev–Trinajstić information content (AvgIpc) is 2.56. The van der Waals surface area contributed by atoms with Crippen LogP contribution >= 0.6 is 0 Å². The minimum absolute atomic E-state index is 0.748. The fourth-order valence-electron chi connectivity index (χ4n) is 2.68. The van der Waals surface area contributed by atoms with Crippen molar-refractivity contribution in [2.75, 3.05) is 29.9 Å². The van der Waals surface area contributed by atoms with Crippen LogP contribution in [0.15, 0.2) is 42.6 Å². The quantitative estimate of drug-likeness (QED) is 0.862. The highest BCUT2D eigenvalue weighted by atomic mass is 15.3. The van der Waals surface area contributed by atoms with Crippen LogP contribution < -0.4 is 9.80 Å². The number of nitrogens with zero attached hydrogens (tertiary/aromatic N) is 4. The lowest BCUT2D eigenvalue weighted by atomic mass is 9.99. The Bertz CT molecular complexity index is 576. The van der Waals surface area contributed by atoms with Gasteiger partial charge >= 0.3 is 0 Å². The first kappa shape index (κ1) is 13.9. The molecule has 0 radical (unpaired) electrons. The Morgan fingerprint density at radius 1 is 1.10 bits per heavy atom. The van der Waals surface area contributed by atoms with Crippen LogP contribution in [0.2, 0.25) is 0 Å². The average molecular weight is 282 g/mol. The molecule has 0 spiro atoms. The fourth-order valence-corrected chi connectivity index (χ4v) is 2.68. The first-order chi connectivity index (χ1) is 10.2. The zero-order valence-corrected chi connectivity index (χ0v) is 12.7. The van der Waals surface area contributed by atoms with Crippen molar-refractivity contribution in [3.05, 3.63) is 42.6 Å². The summed E-state index contributed by atoms with van der Waals surface area (Å²) in [5.74, 6) is 2.61. The van der Waals surface area contributed by atoms with Crippen molar-refractivity contribution in [1.82, 2.24) is 9.97 Å². The van der Waals surface area contributed by atoms with E-state index in [1.807, 2.05) is 42.4 Å². The van der Waals surface area contributed by atoms with Gasteiger partial charge in [0.2, 0.25) is 5.95 Å². The van der Waals surface area contributed by atoms with Crippen LogP contribution in [0.1, 0.15) is 19.8 Å². The summed E-state index contributed by atoms with van der Waals surface area (Å²) >= 11 is 0. The third-order valence-corrected chi connectivity index (χ3v) is 4.18. The summed E-state index contributed by atoms with van der Waals surface area (Å²) in [7, 11) is 2.01. The first-order valence-electron chi connectivity index (χ1n) is 7.61. The molecule has 1 fully saturated rings. The molecular formula is C17H22N4. The van der Waals surface area contributed by atoms with Crippen molar-refractivity contribution < 1.29 is 0 Å². The standard InChI is InChI=1S/C17H22N4/c1-14-9-12-21(13-10-14)16-8-11-18-17(19-16)20(2)15-6-4-3-5-7-15/h3-8,11,14H,9-10,12-13H2,1-2H3. The lowest BCUT2D eigenvalue weighted by molar-refractivity contribution is 0.436. The van der Waals surface area contributed by atoms with Gasteiger partial charge in [0.1, 0.15) is 5.82 Å². The molecule has 110 valence electrons. The van der Waals surface area contributed by atoms with E-state index in [1.54, 1.807) is 0 Å². The number of hydrogen-bond donors (Lipinski definition) is 0. The van der Waals surface area contributed by atoms with Crippen molar-refractivity contribution in [3.63, 3.8) is 0 Å². The van der Waals surface area contributed by atoms with Gasteiger partial charge in [-0.2, -0.15) is 4.98 Å². The van der Waals surface area contributed by atoms with E-state index >= 15 is 0 Å². The Balaban J connectivity index is 1.80. The monoisotopic (exact) mass is 282 g/mol. The van der Waals surface area contributed by atoms with Gasteiger partial charge in [0, 0.05) is 32.0 Å². The van der Waals surface area contributed by atoms with E-state index < -0.39 is 0 Å². The van der Waals surface area contributed by atoms with E-state index in [9.17, 15) is 0 Å². The van der Waals surface area contributed by atoms with Crippen molar-refractivity contribution in [3.8, 4) is 0 Å². The highest BCUT2D eigenvalue weighted by Gasteiger charge is 2.18. The Morgan fingerprint density at radius 2 is 1.81 bits per heavy atom. The maximum atomic E-state index is 4.74. The number of rotatable bonds is 3. The van der Waals surface area contributed by atoms with Crippen molar-refractivity contribution in [2.24, 2.45) is 5.92 Å². The van der Waals surface area contributed by atoms with Gasteiger partial charge in [-0.05, 0) is 37.0 Å². The number of para-hydroxylation sites is 1. The predicted octanol–water partition coefficient (Wildman–Crippen LogP) is 3.48. The second-order valence-electron chi connectivity index (χ2n) is 5.78. The summed E-state index contributed by atoms with van der Waals surface area (Å²) in [4.78, 5) is 13.5. The van der Waals surface area contributed by atoms with Gasteiger partial charge in [-0.15, -0.1) is 0 Å². The second-order valence-corrected chi connectivity index (χ2v) is 5.78. The molecule has 1 aliphatic rings. The molecule has 0 N–H and O–H groups in total. The number of anilines is 3. The molecule has 1 aliphatic heterocycles. The van der Waals surface area contributed by atoms with E-state index in [-0.39, 0.29) is 0 Å². The van der Waals surface area contributed by atoms with E-state index in [4.69, 9.17) is 4.98 Å². The van der Waals surface area contributed by atoms with Gasteiger partial charge in [0.05, 0.1) is 0 Å². The van der Waals surface area contributed by atoms with Crippen LogP contribution in [-0.2, 0) is 0 Å². The largest absolute Gasteiger partial charge is 0.356 e. The Labute approximate surface area is 126 Å². The molecule has 1 aromatic heterocycles. The van der Waals surface area contributed by atoms with Crippen LogP contribution in [0.4, 0.5) is 17.5 Å². The molecule has 0 atom stereocenters. The molecule has 21 heavy (non-hydrogen) atoms. The lowest BCUT2D eigenvalue weighted by Gasteiger charge is -2.31. The fraction of sp³-hybridized carbons (Fsp3) is 0.412. The van der Waals surface area contributed by atoms with Crippen molar-refractivity contribution in [2.45, 2.75) is 19.8 Å². The Kier molecular flexibility index (Phi) is 4.04. The molecule has 0 saturated carbocycles. The minimum Gasteiger partial charge on any atom is -0.356 e. The number of benzene rings is 1. The zero-order valence-electron chi connectivity index (χ0n) is 12.7. The number of piperidine rings is 1. The third kappa shape index (κ3) is 3.15. The second kappa shape index (κ2) is 6.12. The molecule has 4 heteroatoms. The van der Waals surface area contributed by atoms with Gasteiger partial charge in [0.25, 0.3) is 0 Å². The molecule has 2 aromatic rings. The molecular weight excluding hydrogens is 260 g/mol. The number of hydrogen-bond acceptors (Lipinski definition) is 4. The summed E-state index contributed by atoms with van der Waals surface area (Å²) < 4.78 is 0. The SMILES string of the molecule is CC1CCN(c2ccnc(N(C)c3ccccc3)n2)CC1. The molecule has 4 nitrogen and oxygen atoms in total. The van der Waals surface area contributed by atoms with Crippen LogP contribution in [-0.4, -0.2) is 30.1 Å². The summed E-state index contributed by atoms with van der Waals surface area (Å²) in [5, 5.41) is 0. The highest BCUT2D eigenvalue weighted by Crippen LogP contribution is 2.24. The lowest BCUT2D eigenvalue weighted by Crippen LogP contribution is -2.33. The molecule has 1 saturated heterocycles. The van der Waals surface area contributed by atoms with Crippen molar-refractivity contribution >= 4 is 17.5 Å². The summed E-state index contributed by atoms with van der Waals surface area (Å²) in [6, 6.07) is 12.2. The van der Waals surface area contributed by atoms with Gasteiger partial charge < -0.3 is 9.80 Å². The molecule has 2 heterocycles. The van der Waals surface area contributed by atoms with Gasteiger partial charge in [-0.1, -0.05) is 25.1 Å². The Hall–Kier alpha value is -2.10. The molecule has 3 rings (SSSR count). The summed E-state index contributed by atoms with van der Waals surface area (Å²) in [6.45, 7) is 4.51. The van der Waals surface area contributed by atoms with Gasteiger partial charge in [0.15, 0.2) is 0 Å². The van der Waals surface area contributed by atoms with Crippen molar-refractivity contribution in [1.29, 1.82) is 0 Å². The minimum atomic E-state index is 0.748. The van der Waals surface area contributed by atoms with E-state index in [2.05, 4.69) is 28.9 Å². The maximum absolute atomic E-state index is 4.74. The normalized spacial score (nSPS) is 16.0. The Morgan fingerprint density at radius 3 is 2.52 bits per heavy atom. The van der Waals surface area contributed by atoms with E-state index in [0.717, 1.165) is 36.5 Å². The van der Waals surface area contributed by atoms with E-state index in [1.165, 1.54) is 12.8 Å². The smallest absolute Gasteiger partial charge is 0.231 e. The zero-order chi connectivity index (χ0) is 14.7. The highest BCUT2D eigenvalue weighted by molar-refractivity contribution is 5.57. The summed E-state index contributed by atoms with van der Waals surface area (Å²) in [5.41, 5.74) is 1.10. The van der Waals surface area contributed by atoms with E-state index in [0.29, 0.717) is 0 Å². The number of aromatic nitrogens is 2. The summed E-state index contributed by atoms with van der Waals surface area (Å²) in [6.07, 6.45) is 4.34. The molecule has 0 unspecified atom stereocenters. The van der Waals surface area contributed by atoms with Crippen LogP contribution in [0, 0.1) is 5.92 Å². The molecule has 0 amide bonds. The molecule has 0 aliphatic carbocycles. The third-order valence-electron chi connectivity index (χ3n) is 4.18. The van der Waals surface area contributed by atoms with Crippen LogP contribution in [0.3, 0.4) is 0 Å². The topological polar surface area (TPSA) is 32.3 Å². The molecule has 0 bridgehead atoms. The van der Waals surface area contributed by atoms with Gasteiger partial charge in [-0.25, -0.2) is 4.98 Å². The maximum Gasteiger partial charge on any atom is 0.231 e. The van der Waals surface area contributed by atoms with Gasteiger partial charge in [-0.3, -0.25) is 0 Å². The van der Waals surface area contributed by atoms with Crippen LogP contribution in [0.5, 0.6) is 0 Å². The molecule has 1 aromatic carbocycles. The first-order valence-corrected chi connectivity index (χ1v) is 7.61. The van der Waals surface area contributed by atoms with Crippen LogP contribution in [0.25, 0.3) is 0 Å².